The maximum atomic E-state index is 14.1. The van der Waals surface area contributed by atoms with Gasteiger partial charge in [0.1, 0.15) is 17.0 Å². The van der Waals surface area contributed by atoms with Gasteiger partial charge in [-0.1, -0.05) is 25.1 Å². The number of thiophene rings is 1. The molecule has 142 valence electrons. The van der Waals surface area contributed by atoms with Crippen LogP contribution in [0.15, 0.2) is 30.6 Å². The van der Waals surface area contributed by atoms with Crippen molar-refractivity contribution >= 4 is 50.1 Å². The van der Waals surface area contributed by atoms with Crippen molar-refractivity contribution in [1.29, 1.82) is 0 Å². The molecule has 0 bridgehead atoms. The van der Waals surface area contributed by atoms with Crippen LogP contribution in [0.1, 0.15) is 24.3 Å². The lowest BCUT2D eigenvalue weighted by Gasteiger charge is -2.18. The van der Waals surface area contributed by atoms with Crippen LogP contribution in [0.25, 0.3) is 10.2 Å². The van der Waals surface area contributed by atoms with Gasteiger partial charge in [-0.25, -0.2) is 19.2 Å². The lowest BCUT2D eigenvalue weighted by atomic mass is 10.1. The molecule has 0 spiro atoms. The average Bonchev–Trinajstić information content (AvgIpc) is 3.00. The Morgan fingerprint density at radius 3 is 2.78 bits per heavy atom. The second-order valence-corrected chi connectivity index (χ2v) is 7.87. The van der Waals surface area contributed by atoms with E-state index in [1.54, 1.807) is 36.5 Å². The van der Waals surface area contributed by atoms with Gasteiger partial charge in [0, 0.05) is 14.9 Å². The number of nitrogens with zero attached hydrogens (tertiary/aromatic N) is 2. The SMILES string of the molecule is CCOC(=O)[C@@H](Cc1ccccc1F)Oc1ncnc2sc(CC)c(I)c12. The van der Waals surface area contributed by atoms with Gasteiger partial charge in [-0.2, -0.15) is 0 Å². The quantitative estimate of drug-likeness (QED) is 0.352. The maximum absolute atomic E-state index is 14.1. The molecule has 0 radical (unpaired) electrons. The first-order valence-electron chi connectivity index (χ1n) is 8.53. The number of esters is 1. The summed E-state index contributed by atoms with van der Waals surface area (Å²) in [5, 5.41) is 0.780. The van der Waals surface area contributed by atoms with Crippen molar-refractivity contribution in [3.8, 4) is 5.88 Å². The highest BCUT2D eigenvalue weighted by Gasteiger charge is 2.26. The van der Waals surface area contributed by atoms with Crippen molar-refractivity contribution in [1.82, 2.24) is 9.97 Å². The van der Waals surface area contributed by atoms with Crippen molar-refractivity contribution in [2.24, 2.45) is 0 Å². The van der Waals surface area contributed by atoms with Gasteiger partial charge >= 0.3 is 5.97 Å². The molecule has 0 aliphatic carbocycles. The van der Waals surface area contributed by atoms with Crippen LogP contribution in [-0.2, 0) is 22.4 Å². The summed E-state index contributed by atoms with van der Waals surface area (Å²) in [7, 11) is 0. The number of aromatic nitrogens is 2. The lowest BCUT2D eigenvalue weighted by Crippen LogP contribution is -2.32. The zero-order valence-corrected chi connectivity index (χ0v) is 17.8. The van der Waals surface area contributed by atoms with Gasteiger partial charge < -0.3 is 9.47 Å². The smallest absolute Gasteiger partial charge is 0.347 e. The summed E-state index contributed by atoms with van der Waals surface area (Å²) in [6, 6.07) is 6.31. The zero-order chi connectivity index (χ0) is 19.4. The van der Waals surface area contributed by atoms with Crippen LogP contribution in [0.3, 0.4) is 0 Å². The Morgan fingerprint density at radius 2 is 2.07 bits per heavy atom. The van der Waals surface area contributed by atoms with Gasteiger partial charge in [-0.3, -0.25) is 0 Å². The Balaban J connectivity index is 1.97. The van der Waals surface area contributed by atoms with Crippen LogP contribution in [0, 0.1) is 9.39 Å². The second-order valence-electron chi connectivity index (χ2n) is 5.71. The summed E-state index contributed by atoms with van der Waals surface area (Å²) >= 11 is 3.82. The number of carbonyl (C=O) groups is 1. The molecular formula is C19H18FIN2O3S. The Kier molecular flexibility index (Phi) is 6.59. The molecule has 3 aromatic rings. The molecule has 0 saturated heterocycles. The third kappa shape index (κ3) is 4.37. The number of ether oxygens (including phenoxy) is 2. The van der Waals surface area contributed by atoms with Crippen molar-refractivity contribution in [3.05, 3.63) is 50.4 Å². The van der Waals surface area contributed by atoms with E-state index >= 15 is 0 Å². The third-order valence-corrected chi connectivity index (χ3v) is 6.75. The van der Waals surface area contributed by atoms with Crippen molar-refractivity contribution in [3.63, 3.8) is 0 Å². The number of hydrogen-bond acceptors (Lipinski definition) is 6. The van der Waals surface area contributed by atoms with E-state index in [2.05, 4.69) is 39.5 Å². The van der Waals surface area contributed by atoms with E-state index in [9.17, 15) is 9.18 Å². The van der Waals surface area contributed by atoms with Crippen molar-refractivity contribution < 1.29 is 18.7 Å². The van der Waals surface area contributed by atoms with Crippen LogP contribution in [0.4, 0.5) is 4.39 Å². The molecule has 0 unspecified atom stereocenters. The molecule has 2 aromatic heterocycles. The molecule has 8 heteroatoms. The molecule has 1 aromatic carbocycles. The predicted molar refractivity (Wildman–Crippen MR) is 111 cm³/mol. The summed E-state index contributed by atoms with van der Waals surface area (Å²) in [6.45, 7) is 4.00. The monoisotopic (exact) mass is 500 g/mol. The molecule has 1 atom stereocenters. The summed E-state index contributed by atoms with van der Waals surface area (Å²) in [5.74, 6) is -0.621. The van der Waals surface area contributed by atoms with E-state index in [-0.39, 0.29) is 18.8 Å². The van der Waals surface area contributed by atoms with Crippen molar-refractivity contribution in [2.45, 2.75) is 32.8 Å². The summed E-state index contributed by atoms with van der Waals surface area (Å²) in [5.41, 5.74) is 0.384. The fourth-order valence-corrected chi connectivity index (χ4v) is 4.99. The minimum absolute atomic E-state index is 0.0539. The Bertz CT molecular complexity index is 963. The minimum atomic E-state index is -0.999. The molecule has 0 amide bonds. The van der Waals surface area contributed by atoms with Gasteiger partial charge in [0.25, 0.3) is 0 Å². The van der Waals surface area contributed by atoms with Gasteiger partial charge in [-0.05, 0) is 47.6 Å². The number of hydrogen-bond donors (Lipinski definition) is 0. The van der Waals surface area contributed by atoms with E-state index < -0.39 is 12.1 Å². The van der Waals surface area contributed by atoms with Gasteiger partial charge in [0.15, 0.2) is 0 Å². The number of benzene rings is 1. The molecule has 27 heavy (non-hydrogen) atoms. The average molecular weight is 500 g/mol. The molecule has 0 aliphatic heterocycles. The molecule has 5 nitrogen and oxygen atoms in total. The number of halogens is 2. The first-order chi connectivity index (χ1) is 13.0. The number of fused-ring (bicyclic) bond motifs is 1. The van der Waals surface area contributed by atoms with Crippen LogP contribution < -0.4 is 4.74 Å². The van der Waals surface area contributed by atoms with E-state index in [1.165, 1.54) is 17.3 Å². The largest absolute Gasteiger partial charge is 0.463 e. The molecule has 0 saturated carbocycles. The van der Waals surface area contributed by atoms with Crippen LogP contribution in [-0.4, -0.2) is 28.6 Å². The van der Waals surface area contributed by atoms with Crippen LogP contribution in [0.2, 0.25) is 0 Å². The fourth-order valence-electron chi connectivity index (χ4n) is 2.64. The van der Waals surface area contributed by atoms with E-state index in [4.69, 9.17) is 9.47 Å². The Morgan fingerprint density at radius 1 is 1.30 bits per heavy atom. The molecule has 2 heterocycles. The summed E-state index contributed by atoms with van der Waals surface area (Å²) < 4.78 is 26.2. The Hall–Kier alpha value is -1.81. The molecule has 3 rings (SSSR count). The zero-order valence-electron chi connectivity index (χ0n) is 14.9. The number of aryl methyl sites for hydroxylation is 1. The van der Waals surface area contributed by atoms with E-state index in [0.717, 1.165) is 20.2 Å². The first kappa shape index (κ1) is 19.9. The highest BCUT2D eigenvalue weighted by Crippen LogP contribution is 2.36. The van der Waals surface area contributed by atoms with Gasteiger partial charge in [-0.15, -0.1) is 11.3 Å². The van der Waals surface area contributed by atoms with Crippen LogP contribution in [0.5, 0.6) is 5.88 Å². The fraction of sp³-hybridized carbons (Fsp3) is 0.316. The molecular weight excluding hydrogens is 482 g/mol. The van der Waals surface area contributed by atoms with E-state index in [1.807, 2.05) is 0 Å². The molecule has 0 aliphatic rings. The molecule has 0 N–H and O–H groups in total. The van der Waals surface area contributed by atoms with Crippen LogP contribution >= 0.6 is 33.9 Å². The maximum Gasteiger partial charge on any atom is 0.347 e. The normalized spacial score (nSPS) is 12.1. The summed E-state index contributed by atoms with van der Waals surface area (Å²) in [6.07, 6.45) is 1.34. The predicted octanol–water partition coefficient (Wildman–Crippen LogP) is 4.55. The third-order valence-electron chi connectivity index (χ3n) is 3.95. The second kappa shape index (κ2) is 8.92. The Labute approximate surface area is 174 Å². The number of rotatable bonds is 7. The van der Waals surface area contributed by atoms with E-state index in [0.29, 0.717) is 11.4 Å². The lowest BCUT2D eigenvalue weighted by molar-refractivity contribution is -0.151. The van der Waals surface area contributed by atoms with Gasteiger partial charge in [0.2, 0.25) is 12.0 Å². The molecule has 0 fully saturated rings. The highest BCUT2D eigenvalue weighted by atomic mass is 127. The summed E-state index contributed by atoms with van der Waals surface area (Å²) in [4.78, 5) is 22.9. The number of carbonyl (C=O) groups excluding carboxylic acids is 1. The standard InChI is InChI=1S/C19H18FIN2O3S/c1-3-14-16(21)15-17(22-10-23-18(15)27-14)26-13(19(24)25-4-2)9-11-7-5-6-8-12(11)20/h5-8,10,13H,3-4,9H2,1-2H3/t13-/m1/s1. The minimum Gasteiger partial charge on any atom is -0.463 e. The topological polar surface area (TPSA) is 61.3 Å². The van der Waals surface area contributed by atoms with Crippen molar-refractivity contribution in [2.75, 3.05) is 6.61 Å². The van der Waals surface area contributed by atoms with Gasteiger partial charge in [0.05, 0.1) is 12.0 Å². The first-order valence-corrected chi connectivity index (χ1v) is 10.4. The highest BCUT2D eigenvalue weighted by molar-refractivity contribution is 14.1.